The van der Waals surface area contributed by atoms with Crippen molar-refractivity contribution < 1.29 is 0 Å². The quantitative estimate of drug-likeness (QED) is 0.196. The molecular weight excluding hydrogens is 681 g/mol. The van der Waals surface area contributed by atoms with E-state index < -0.39 is 0 Å². The highest BCUT2D eigenvalue weighted by Gasteiger charge is 2.25. The van der Waals surface area contributed by atoms with Gasteiger partial charge in [0.15, 0.2) is 0 Å². The van der Waals surface area contributed by atoms with Gasteiger partial charge in [0.1, 0.15) is 5.82 Å². The molecule has 1 N–H and O–H groups in total. The number of nitrogens with zero attached hydrogens (tertiary/aromatic N) is 3. The van der Waals surface area contributed by atoms with E-state index in [0.29, 0.717) is 0 Å². The fraction of sp³-hybridized carbons (Fsp3) is 0.231. The summed E-state index contributed by atoms with van der Waals surface area (Å²) in [6, 6.07) is 46.6. The Morgan fingerprint density at radius 2 is 1.18 bits per heavy atom. The molecule has 6 aromatic carbocycles. The van der Waals surface area contributed by atoms with Gasteiger partial charge in [0.25, 0.3) is 0 Å². The molecule has 0 amide bonds. The van der Waals surface area contributed by atoms with Crippen molar-refractivity contribution in [3.8, 4) is 39.3 Å². The van der Waals surface area contributed by atoms with Gasteiger partial charge >= 0.3 is 0 Å². The molecule has 0 bridgehead atoms. The molecule has 56 heavy (non-hydrogen) atoms. The van der Waals surface area contributed by atoms with E-state index in [9.17, 15) is 0 Å². The van der Waals surface area contributed by atoms with Crippen LogP contribution >= 0.6 is 0 Å². The molecule has 0 aliphatic heterocycles. The van der Waals surface area contributed by atoms with Crippen LogP contribution in [0, 0.1) is 0 Å². The van der Waals surface area contributed by atoms with E-state index in [1.807, 2.05) is 12.3 Å². The summed E-state index contributed by atoms with van der Waals surface area (Å²) >= 11 is 0. The van der Waals surface area contributed by atoms with E-state index >= 15 is 0 Å². The Hall–Kier alpha value is -6.00. The monoisotopic (exact) mass is 730 g/mol. The Balaban J connectivity index is 1.31. The molecule has 0 aliphatic rings. The van der Waals surface area contributed by atoms with Gasteiger partial charge in [-0.3, -0.25) is 9.55 Å². The molecule has 0 saturated heterocycles. The highest BCUT2D eigenvalue weighted by Crippen LogP contribution is 2.43. The summed E-state index contributed by atoms with van der Waals surface area (Å²) in [7, 11) is 0. The lowest BCUT2D eigenvalue weighted by Gasteiger charge is -2.21. The molecule has 0 unspecified atom stereocenters. The number of fused-ring (bicyclic) bond motifs is 5. The molecule has 4 heteroatoms. The summed E-state index contributed by atoms with van der Waals surface area (Å²) < 4.78 is 2.32. The van der Waals surface area contributed by atoms with Gasteiger partial charge < -0.3 is 4.98 Å². The van der Waals surface area contributed by atoms with Crippen LogP contribution in [0.5, 0.6) is 0 Å². The van der Waals surface area contributed by atoms with E-state index in [1.165, 1.54) is 33.0 Å². The fourth-order valence-electron chi connectivity index (χ4n) is 8.13. The largest absolute Gasteiger partial charge is 0.354 e. The smallest absolute Gasteiger partial charge is 0.145 e. The Morgan fingerprint density at radius 1 is 0.500 bits per heavy atom. The molecule has 9 aromatic rings. The van der Waals surface area contributed by atoms with Crippen molar-refractivity contribution in [3.05, 3.63) is 150 Å². The number of aromatic amines is 1. The number of para-hydroxylation sites is 2. The van der Waals surface area contributed by atoms with Gasteiger partial charge in [0.2, 0.25) is 0 Å². The van der Waals surface area contributed by atoms with E-state index in [4.69, 9.17) is 9.97 Å². The molecule has 9 rings (SSSR count). The maximum atomic E-state index is 5.62. The summed E-state index contributed by atoms with van der Waals surface area (Å²) in [6.45, 7) is 20.6. The molecule has 4 nitrogen and oxygen atoms in total. The third kappa shape index (κ3) is 6.09. The van der Waals surface area contributed by atoms with Crippen LogP contribution in [-0.4, -0.2) is 19.5 Å². The topological polar surface area (TPSA) is 46.5 Å². The maximum absolute atomic E-state index is 5.62. The van der Waals surface area contributed by atoms with Crippen molar-refractivity contribution in [3.63, 3.8) is 0 Å². The van der Waals surface area contributed by atoms with E-state index in [0.717, 1.165) is 66.7 Å². The van der Waals surface area contributed by atoms with Crippen molar-refractivity contribution in [2.75, 3.05) is 0 Å². The minimum absolute atomic E-state index is 0.0103. The number of benzene rings is 6. The van der Waals surface area contributed by atoms with Gasteiger partial charge in [-0.15, -0.1) is 0 Å². The average molecular weight is 731 g/mol. The van der Waals surface area contributed by atoms with Crippen LogP contribution < -0.4 is 0 Å². The summed E-state index contributed by atoms with van der Waals surface area (Å²) in [4.78, 5) is 14.4. The van der Waals surface area contributed by atoms with Gasteiger partial charge in [-0.1, -0.05) is 123 Å². The lowest BCUT2D eigenvalue weighted by Crippen LogP contribution is -2.11. The van der Waals surface area contributed by atoms with Crippen molar-refractivity contribution in [1.29, 1.82) is 0 Å². The summed E-state index contributed by atoms with van der Waals surface area (Å²) in [5, 5.41) is 3.66. The molecule has 3 heterocycles. The SMILES string of the molecule is CC(C)(C)c1cc(-c2cccc(-c3nc4c(-c5cc(C(C)(C)C)cc6c5[nH]c5ccc(C(C)(C)C)cc56)cccc4n3-c3ccccc3)c2)c2ncccc2c1. The summed E-state index contributed by atoms with van der Waals surface area (Å²) in [6.07, 6.45) is 1.89. The molecule has 0 atom stereocenters. The van der Waals surface area contributed by atoms with Crippen LogP contribution in [-0.2, 0) is 16.2 Å². The van der Waals surface area contributed by atoms with Crippen LogP contribution in [0.1, 0.15) is 79.0 Å². The Kier molecular flexibility index (Phi) is 8.14. The van der Waals surface area contributed by atoms with Crippen LogP contribution in [0.4, 0.5) is 0 Å². The second-order valence-corrected chi connectivity index (χ2v) is 18.5. The molecule has 278 valence electrons. The zero-order valence-electron chi connectivity index (χ0n) is 34.0. The second-order valence-electron chi connectivity index (χ2n) is 18.5. The van der Waals surface area contributed by atoms with Gasteiger partial charge in [0, 0.05) is 55.8 Å². The molecule has 0 spiro atoms. The van der Waals surface area contributed by atoms with Crippen molar-refractivity contribution in [1.82, 2.24) is 19.5 Å². The minimum atomic E-state index is -0.0552. The van der Waals surface area contributed by atoms with Crippen molar-refractivity contribution >= 4 is 43.7 Å². The van der Waals surface area contributed by atoms with Gasteiger partial charge in [-0.25, -0.2) is 4.98 Å². The van der Waals surface area contributed by atoms with Gasteiger partial charge in [-0.05, 0) is 105 Å². The molecule has 0 saturated carbocycles. The lowest BCUT2D eigenvalue weighted by molar-refractivity contribution is 0.590. The van der Waals surface area contributed by atoms with Crippen molar-refractivity contribution in [2.24, 2.45) is 0 Å². The van der Waals surface area contributed by atoms with Crippen molar-refractivity contribution in [2.45, 2.75) is 78.6 Å². The minimum Gasteiger partial charge on any atom is -0.354 e. The third-order valence-corrected chi connectivity index (χ3v) is 11.4. The van der Waals surface area contributed by atoms with E-state index in [-0.39, 0.29) is 16.2 Å². The maximum Gasteiger partial charge on any atom is 0.145 e. The first-order valence-electron chi connectivity index (χ1n) is 19.8. The average Bonchev–Trinajstić information content (AvgIpc) is 3.75. The third-order valence-electron chi connectivity index (χ3n) is 11.4. The number of hydrogen-bond donors (Lipinski definition) is 1. The highest BCUT2D eigenvalue weighted by molar-refractivity contribution is 6.14. The number of hydrogen-bond acceptors (Lipinski definition) is 2. The zero-order chi connectivity index (χ0) is 39.1. The van der Waals surface area contributed by atoms with Gasteiger partial charge in [-0.2, -0.15) is 0 Å². The first-order chi connectivity index (χ1) is 26.6. The number of H-pyrrole nitrogens is 1. The van der Waals surface area contributed by atoms with Crippen LogP contribution in [0.25, 0.3) is 83.1 Å². The molecule has 0 aliphatic carbocycles. The summed E-state index contributed by atoms with van der Waals surface area (Å²) in [5.41, 5.74) is 15.9. The van der Waals surface area contributed by atoms with E-state index in [2.05, 4.69) is 193 Å². The molecule has 0 radical (unpaired) electrons. The Morgan fingerprint density at radius 3 is 1.93 bits per heavy atom. The predicted molar refractivity (Wildman–Crippen MR) is 238 cm³/mol. The number of aromatic nitrogens is 4. The van der Waals surface area contributed by atoms with E-state index in [1.54, 1.807) is 0 Å². The van der Waals surface area contributed by atoms with Crippen LogP contribution in [0.15, 0.2) is 134 Å². The second kappa shape index (κ2) is 12.8. The number of imidazole rings is 1. The number of rotatable bonds is 4. The Labute approximate surface area is 330 Å². The van der Waals surface area contributed by atoms with Gasteiger partial charge in [0.05, 0.1) is 22.1 Å². The highest BCUT2D eigenvalue weighted by atomic mass is 15.1. The lowest BCUT2D eigenvalue weighted by atomic mass is 9.83. The van der Waals surface area contributed by atoms with Crippen LogP contribution in [0.2, 0.25) is 0 Å². The molecule has 0 fully saturated rings. The number of nitrogens with one attached hydrogen (secondary N) is 1. The summed E-state index contributed by atoms with van der Waals surface area (Å²) in [5.74, 6) is 0.902. The zero-order valence-corrected chi connectivity index (χ0v) is 34.0. The number of pyridine rings is 1. The predicted octanol–water partition coefficient (Wildman–Crippen LogP) is 14.1. The van der Waals surface area contributed by atoms with Crippen LogP contribution in [0.3, 0.4) is 0 Å². The fourth-order valence-corrected chi connectivity index (χ4v) is 8.13. The Bertz CT molecular complexity index is 2960. The molecular formula is C52H50N4. The standard InChI is InChI=1S/C52H50N4/c1-50(2,3)35-23-24-44-41(28-35)43-31-37(52(7,8)9)30-42(47(43)54-44)39-21-14-22-45-48(39)55-49(56(45)38-19-11-10-12-20-38)34-17-13-16-32(26-34)40-29-36(51(4,5)6)27-33-18-15-25-53-46(33)40/h10-31,54H,1-9H3. The normalized spacial score (nSPS) is 12.7. The molecule has 3 aromatic heterocycles. The first-order valence-corrected chi connectivity index (χ1v) is 19.8. The first kappa shape index (κ1) is 35.7.